The van der Waals surface area contributed by atoms with E-state index < -0.39 is 0 Å². The Morgan fingerprint density at radius 2 is 0.632 bits per heavy atom. The highest BCUT2D eigenvalue weighted by atomic mass is 14.0. The third kappa shape index (κ3) is 23.1. The first-order valence-electron chi connectivity index (χ1n) is 7.63. The van der Waals surface area contributed by atoms with Crippen LogP contribution in [0.4, 0.5) is 0 Å². The molecule has 0 spiro atoms. The normalized spacial score (nSPS) is 9.26. The predicted molar refractivity (Wildman–Crippen MR) is 93.9 cm³/mol. The molecule has 0 N–H and O–H groups in total. The minimum absolute atomic E-state index is 0. The molecule has 0 aliphatic carbocycles. The molecule has 0 nitrogen and oxygen atoms in total. The fourth-order valence-electron chi connectivity index (χ4n) is 2.17. The van der Waals surface area contributed by atoms with Gasteiger partial charge in [0.1, 0.15) is 0 Å². The highest BCUT2D eigenvalue weighted by Crippen LogP contribution is 2.12. The van der Waals surface area contributed by atoms with Crippen LogP contribution in [0.1, 0.15) is 98.3 Å². The largest absolute Gasteiger partial charge is 0.103 e. The van der Waals surface area contributed by atoms with Crippen molar-refractivity contribution < 1.29 is 0 Å². The molecule has 0 heteroatoms. The topological polar surface area (TPSA) is 0 Å². The van der Waals surface area contributed by atoms with Crippen LogP contribution in [0.5, 0.6) is 0 Å². The summed E-state index contributed by atoms with van der Waals surface area (Å²) in [4.78, 5) is 0. The molecule has 0 aliphatic rings. The van der Waals surface area contributed by atoms with Gasteiger partial charge in [0, 0.05) is 0 Å². The van der Waals surface area contributed by atoms with Gasteiger partial charge in [-0.25, -0.2) is 0 Å². The van der Waals surface area contributed by atoms with E-state index in [0.717, 1.165) is 0 Å². The van der Waals surface area contributed by atoms with Crippen molar-refractivity contribution in [3.8, 4) is 0 Å². The Hall–Kier alpha value is -0.520. The van der Waals surface area contributed by atoms with Gasteiger partial charge in [-0.1, -0.05) is 84.8 Å². The summed E-state index contributed by atoms with van der Waals surface area (Å²) < 4.78 is 0. The quantitative estimate of drug-likeness (QED) is 0.223. The summed E-state index contributed by atoms with van der Waals surface area (Å²) >= 11 is 0. The van der Waals surface area contributed by atoms with Gasteiger partial charge >= 0.3 is 0 Å². The molecule has 0 aromatic heterocycles. The Morgan fingerprint density at radius 3 is 0.842 bits per heavy atom. The Labute approximate surface area is 124 Å². The van der Waals surface area contributed by atoms with E-state index in [9.17, 15) is 0 Å². The van der Waals surface area contributed by atoms with Gasteiger partial charge in [0.2, 0.25) is 0 Å². The second kappa shape index (κ2) is 22.6. The van der Waals surface area contributed by atoms with E-state index in [4.69, 9.17) is 0 Å². The lowest BCUT2D eigenvalue weighted by Gasteiger charge is -2.02. The third-order valence-corrected chi connectivity index (χ3v) is 3.32. The van der Waals surface area contributed by atoms with Crippen molar-refractivity contribution in [2.75, 3.05) is 0 Å². The maximum atomic E-state index is 3.75. The van der Waals surface area contributed by atoms with Gasteiger partial charge in [-0.2, -0.15) is 0 Å². The zero-order valence-electron chi connectivity index (χ0n) is 11.8. The minimum Gasteiger partial charge on any atom is -0.103 e. The fraction of sp³-hybridized carbons (Fsp3) is 0.789. The lowest BCUT2D eigenvalue weighted by molar-refractivity contribution is 0.547. The second-order valence-corrected chi connectivity index (χ2v) is 5.04. The van der Waals surface area contributed by atoms with Gasteiger partial charge in [0.25, 0.3) is 0 Å². The molecule has 0 saturated heterocycles. The molecular weight excluding hydrogens is 228 g/mol. The molecule has 0 amide bonds. The first-order chi connectivity index (χ1) is 8.41. The van der Waals surface area contributed by atoms with Gasteiger partial charge in [-0.05, 0) is 25.7 Å². The Balaban J connectivity index is -0.00000128. The van der Waals surface area contributed by atoms with Crippen LogP contribution < -0.4 is 0 Å². The van der Waals surface area contributed by atoms with Crippen molar-refractivity contribution in [3.63, 3.8) is 0 Å². The van der Waals surface area contributed by atoms with Crippen molar-refractivity contribution >= 4 is 0 Å². The molecule has 0 unspecified atom stereocenters. The van der Waals surface area contributed by atoms with Gasteiger partial charge in [0.05, 0.1) is 0 Å². The van der Waals surface area contributed by atoms with Crippen LogP contribution in [0.25, 0.3) is 0 Å². The molecule has 116 valence electrons. The monoisotopic (exact) mass is 268 g/mol. The molecular formula is C19H40. The molecule has 0 fully saturated rings. The molecule has 0 rings (SSSR count). The SMILES string of the molecule is C.C.C=CCCCCCCCCCCCCCC=C. The van der Waals surface area contributed by atoms with Crippen LogP contribution in [0, 0.1) is 0 Å². The van der Waals surface area contributed by atoms with E-state index in [1.165, 1.54) is 83.5 Å². The number of hydrogen-bond acceptors (Lipinski definition) is 0. The second-order valence-electron chi connectivity index (χ2n) is 5.04. The van der Waals surface area contributed by atoms with Gasteiger partial charge in [0.15, 0.2) is 0 Å². The highest BCUT2D eigenvalue weighted by Gasteiger charge is 1.92. The number of unbranched alkanes of at least 4 members (excludes halogenated alkanes) is 12. The van der Waals surface area contributed by atoms with Crippen molar-refractivity contribution in [1.29, 1.82) is 0 Å². The summed E-state index contributed by atoms with van der Waals surface area (Å²) in [6.45, 7) is 7.50. The molecule has 0 radical (unpaired) electrons. The number of hydrogen-bond donors (Lipinski definition) is 0. The number of allylic oxidation sites excluding steroid dienone is 2. The van der Waals surface area contributed by atoms with Crippen molar-refractivity contribution in [2.24, 2.45) is 0 Å². The zero-order chi connectivity index (χ0) is 12.6. The van der Waals surface area contributed by atoms with Crippen LogP contribution in [0.3, 0.4) is 0 Å². The Morgan fingerprint density at radius 1 is 0.421 bits per heavy atom. The van der Waals surface area contributed by atoms with Crippen LogP contribution >= 0.6 is 0 Å². The molecule has 0 saturated carbocycles. The average Bonchev–Trinajstić information content (AvgIpc) is 2.35. The van der Waals surface area contributed by atoms with Gasteiger partial charge < -0.3 is 0 Å². The summed E-state index contributed by atoms with van der Waals surface area (Å²) in [5, 5.41) is 0. The van der Waals surface area contributed by atoms with E-state index >= 15 is 0 Å². The molecule has 0 heterocycles. The average molecular weight is 269 g/mol. The summed E-state index contributed by atoms with van der Waals surface area (Å²) in [5.74, 6) is 0. The molecule has 19 heavy (non-hydrogen) atoms. The summed E-state index contributed by atoms with van der Waals surface area (Å²) in [6, 6.07) is 0. The predicted octanol–water partition coefficient (Wildman–Crippen LogP) is 7.70. The summed E-state index contributed by atoms with van der Waals surface area (Å²) in [6.07, 6.45) is 22.0. The van der Waals surface area contributed by atoms with Crippen LogP contribution in [-0.4, -0.2) is 0 Å². The van der Waals surface area contributed by atoms with E-state index in [0.29, 0.717) is 0 Å². The molecule has 0 bridgehead atoms. The van der Waals surface area contributed by atoms with E-state index in [1.54, 1.807) is 0 Å². The smallest absolute Gasteiger partial charge is 0.0353 e. The Kier molecular flexibility index (Phi) is 28.1. The number of rotatable bonds is 14. The fourth-order valence-corrected chi connectivity index (χ4v) is 2.17. The molecule has 0 aromatic rings. The lowest BCUT2D eigenvalue weighted by atomic mass is 10.0. The van der Waals surface area contributed by atoms with Gasteiger partial charge in [-0.15, -0.1) is 13.2 Å². The molecule has 0 aromatic carbocycles. The molecule has 0 aliphatic heterocycles. The molecule has 0 atom stereocenters. The van der Waals surface area contributed by atoms with Crippen molar-refractivity contribution in [2.45, 2.75) is 98.3 Å². The maximum absolute atomic E-state index is 3.75. The summed E-state index contributed by atoms with van der Waals surface area (Å²) in [7, 11) is 0. The van der Waals surface area contributed by atoms with Crippen molar-refractivity contribution in [3.05, 3.63) is 25.3 Å². The van der Waals surface area contributed by atoms with Crippen LogP contribution in [0.15, 0.2) is 25.3 Å². The van der Waals surface area contributed by atoms with Crippen LogP contribution in [0.2, 0.25) is 0 Å². The van der Waals surface area contributed by atoms with Crippen LogP contribution in [-0.2, 0) is 0 Å². The van der Waals surface area contributed by atoms with Gasteiger partial charge in [-0.3, -0.25) is 0 Å². The first-order valence-corrected chi connectivity index (χ1v) is 7.63. The zero-order valence-corrected chi connectivity index (χ0v) is 11.8. The lowest BCUT2D eigenvalue weighted by Crippen LogP contribution is -1.82. The standard InChI is InChI=1S/C17H32.2CH4/c1-3-5-7-9-11-13-15-17-16-14-12-10-8-6-4-2;;/h3-4H,1-2,5-17H2;2*1H4. The van der Waals surface area contributed by atoms with E-state index in [-0.39, 0.29) is 14.9 Å². The first kappa shape index (κ1) is 23.6. The highest BCUT2D eigenvalue weighted by molar-refractivity contribution is 4.66. The minimum atomic E-state index is 0. The van der Waals surface area contributed by atoms with E-state index in [1.807, 2.05) is 12.2 Å². The maximum Gasteiger partial charge on any atom is -0.0353 e. The van der Waals surface area contributed by atoms with Crippen molar-refractivity contribution in [1.82, 2.24) is 0 Å². The third-order valence-electron chi connectivity index (χ3n) is 3.32. The van der Waals surface area contributed by atoms with E-state index in [2.05, 4.69) is 13.2 Å². The Bertz CT molecular complexity index is 139. The summed E-state index contributed by atoms with van der Waals surface area (Å²) in [5.41, 5.74) is 0.